The molecule has 0 aromatic carbocycles. The predicted molar refractivity (Wildman–Crippen MR) is 62.7 cm³/mol. The maximum atomic E-state index is 11.8. The minimum absolute atomic E-state index is 0.0895. The number of nitriles is 1. The van der Waals surface area contributed by atoms with E-state index in [1.807, 2.05) is 13.8 Å². The van der Waals surface area contributed by atoms with Gasteiger partial charge in [-0.15, -0.1) is 0 Å². The lowest BCUT2D eigenvalue weighted by Gasteiger charge is -2.27. The highest BCUT2D eigenvalue weighted by Crippen LogP contribution is 2.28. The van der Waals surface area contributed by atoms with Crippen molar-refractivity contribution < 1.29 is 4.79 Å². The van der Waals surface area contributed by atoms with Crippen LogP contribution in [0, 0.1) is 11.3 Å². The van der Waals surface area contributed by atoms with Gasteiger partial charge in [0, 0.05) is 25.6 Å². The van der Waals surface area contributed by atoms with Gasteiger partial charge in [-0.05, 0) is 26.2 Å². The molecular formula is C12H21N3O. The van der Waals surface area contributed by atoms with Crippen molar-refractivity contribution in [1.29, 1.82) is 5.26 Å². The normalized spacial score (nSPS) is 16.9. The largest absolute Gasteiger partial charge is 0.355 e. The monoisotopic (exact) mass is 223 g/mol. The van der Waals surface area contributed by atoms with E-state index in [9.17, 15) is 4.79 Å². The van der Waals surface area contributed by atoms with Crippen molar-refractivity contribution in [3.05, 3.63) is 0 Å². The smallest absolute Gasteiger partial charge is 0.237 e. The second-order valence-electron chi connectivity index (χ2n) is 4.34. The summed E-state index contributed by atoms with van der Waals surface area (Å²) in [6.07, 6.45) is 3.79. The first-order valence-electron chi connectivity index (χ1n) is 6.11. The Kier molecular flexibility index (Phi) is 5.27. The van der Waals surface area contributed by atoms with Gasteiger partial charge in [-0.25, -0.2) is 0 Å². The maximum Gasteiger partial charge on any atom is 0.237 e. The van der Waals surface area contributed by atoms with Crippen LogP contribution in [0.4, 0.5) is 0 Å². The molecule has 0 aromatic heterocycles. The van der Waals surface area contributed by atoms with Crippen molar-refractivity contribution in [1.82, 2.24) is 10.2 Å². The van der Waals surface area contributed by atoms with Crippen LogP contribution in [0.2, 0.25) is 0 Å². The summed E-state index contributed by atoms with van der Waals surface area (Å²) in [6, 6.07) is 2.56. The van der Waals surface area contributed by atoms with Crippen molar-refractivity contribution >= 4 is 5.91 Å². The third kappa shape index (κ3) is 3.82. The molecule has 16 heavy (non-hydrogen) atoms. The number of carbonyl (C=O) groups excluding carboxylic acids is 1. The highest BCUT2D eigenvalue weighted by Gasteiger charge is 2.34. The molecule has 0 heterocycles. The first kappa shape index (κ1) is 13.0. The van der Waals surface area contributed by atoms with E-state index in [4.69, 9.17) is 5.26 Å². The number of amides is 1. The molecule has 4 heteroatoms. The van der Waals surface area contributed by atoms with Crippen LogP contribution >= 0.6 is 0 Å². The van der Waals surface area contributed by atoms with Crippen LogP contribution in [0.3, 0.4) is 0 Å². The fraction of sp³-hybridized carbons (Fsp3) is 0.833. The van der Waals surface area contributed by atoms with Crippen LogP contribution in [0.25, 0.3) is 0 Å². The highest BCUT2D eigenvalue weighted by atomic mass is 16.2. The average molecular weight is 223 g/mol. The van der Waals surface area contributed by atoms with Crippen LogP contribution in [-0.2, 0) is 4.79 Å². The van der Waals surface area contributed by atoms with Crippen molar-refractivity contribution in [2.45, 2.75) is 51.6 Å². The standard InChI is InChI=1S/C12H21N3O/c1-3-8-14-12(16)10(2)15(9-4-7-13)11-5-6-11/h10-11H,3-6,8-9H2,1-2H3,(H,14,16). The minimum Gasteiger partial charge on any atom is -0.355 e. The number of hydrogen-bond donors (Lipinski definition) is 1. The molecule has 4 nitrogen and oxygen atoms in total. The van der Waals surface area contributed by atoms with Crippen molar-refractivity contribution in [3.8, 4) is 6.07 Å². The maximum absolute atomic E-state index is 11.8. The molecule has 1 saturated carbocycles. The van der Waals surface area contributed by atoms with Crippen LogP contribution in [-0.4, -0.2) is 36.0 Å². The fourth-order valence-electron chi connectivity index (χ4n) is 1.82. The lowest BCUT2D eigenvalue weighted by atomic mass is 10.2. The van der Waals surface area contributed by atoms with E-state index >= 15 is 0 Å². The molecule has 90 valence electrons. The molecule has 1 fully saturated rings. The zero-order valence-corrected chi connectivity index (χ0v) is 10.2. The third-order valence-corrected chi connectivity index (χ3v) is 2.92. The number of nitrogens with one attached hydrogen (secondary N) is 1. The SMILES string of the molecule is CCCNC(=O)C(C)N(CCC#N)C1CC1. The van der Waals surface area contributed by atoms with E-state index in [2.05, 4.69) is 16.3 Å². The molecule has 0 bridgehead atoms. The van der Waals surface area contributed by atoms with Crippen LogP contribution in [0.5, 0.6) is 0 Å². The Morgan fingerprint density at radius 3 is 2.81 bits per heavy atom. The van der Waals surface area contributed by atoms with Gasteiger partial charge in [0.15, 0.2) is 0 Å². The highest BCUT2D eigenvalue weighted by molar-refractivity contribution is 5.81. The molecule has 1 unspecified atom stereocenters. The Morgan fingerprint density at radius 2 is 2.31 bits per heavy atom. The lowest BCUT2D eigenvalue weighted by Crippen LogP contribution is -2.46. The Hall–Kier alpha value is -1.08. The van der Waals surface area contributed by atoms with Gasteiger partial charge in [0.05, 0.1) is 12.1 Å². The molecule has 1 atom stereocenters. The Balaban J connectivity index is 2.43. The van der Waals surface area contributed by atoms with Gasteiger partial charge >= 0.3 is 0 Å². The molecule has 1 aliphatic rings. The summed E-state index contributed by atoms with van der Waals surface area (Å²) in [4.78, 5) is 14.0. The molecule has 1 rings (SSSR count). The Labute approximate surface area is 97.6 Å². The molecule has 0 radical (unpaired) electrons. The van der Waals surface area contributed by atoms with Gasteiger partial charge in [0.2, 0.25) is 5.91 Å². The third-order valence-electron chi connectivity index (χ3n) is 2.92. The Morgan fingerprint density at radius 1 is 1.62 bits per heavy atom. The molecular weight excluding hydrogens is 202 g/mol. The van der Waals surface area contributed by atoms with Crippen LogP contribution < -0.4 is 5.32 Å². The zero-order chi connectivity index (χ0) is 12.0. The second-order valence-corrected chi connectivity index (χ2v) is 4.34. The van der Waals surface area contributed by atoms with E-state index in [-0.39, 0.29) is 11.9 Å². The van der Waals surface area contributed by atoms with Crippen LogP contribution in [0.1, 0.15) is 39.5 Å². The summed E-state index contributed by atoms with van der Waals surface area (Å²) in [6.45, 7) is 5.42. The molecule has 0 saturated heterocycles. The zero-order valence-electron chi connectivity index (χ0n) is 10.2. The Bertz CT molecular complexity index is 268. The summed E-state index contributed by atoms with van der Waals surface area (Å²) in [5.41, 5.74) is 0. The predicted octanol–water partition coefficient (Wildman–Crippen LogP) is 1.28. The van der Waals surface area contributed by atoms with Crippen molar-refractivity contribution in [2.75, 3.05) is 13.1 Å². The molecule has 1 N–H and O–H groups in total. The molecule has 1 amide bonds. The number of hydrogen-bond acceptors (Lipinski definition) is 3. The van der Waals surface area contributed by atoms with Gasteiger partial charge in [-0.3, -0.25) is 9.69 Å². The van der Waals surface area contributed by atoms with E-state index < -0.39 is 0 Å². The van der Waals surface area contributed by atoms with E-state index in [1.54, 1.807) is 0 Å². The summed E-state index contributed by atoms with van der Waals surface area (Å²) in [5, 5.41) is 11.5. The van der Waals surface area contributed by atoms with Gasteiger partial charge in [0.1, 0.15) is 0 Å². The number of carbonyl (C=O) groups is 1. The van der Waals surface area contributed by atoms with E-state index in [0.29, 0.717) is 19.0 Å². The van der Waals surface area contributed by atoms with Gasteiger partial charge in [-0.2, -0.15) is 5.26 Å². The first-order valence-corrected chi connectivity index (χ1v) is 6.11. The summed E-state index contributed by atoms with van der Waals surface area (Å²) < 4.78 is 0. The summed E-state index contributed by atoms with van der Waals surface area (Å²) >= 11 is 0. The summed E-state index contributed by atoms with van der Waals surface area (Å²) in [5.74, 6) is 0.0895. The summed E-state index contributed by atoms with van der Waals surface area (Å²) in [7, 11) is 0. The average Bonchev–Trinajstić information content (AvgIpc) is 3.10. The van der Waals surface area contributed by atoms with Gasteiger partial charge < -0.3 is 5.32 Å². The minimum atomic E-state index is -0.104. The van der Waals surface area contributed by atoms with E-state index in [0.717, 1.165) is 25.8 Å². The fourth-order valence-corrected chi connectivity index (χ4v) is 1.82. The number of nitrogens with zero attached hydrogens (tertiary/aromatic N) is 2. The quantitative estimate of drug-likeness (QED) is 0.707. The van der Waals surface area contributed by atoms with Crippen molar-refractivity contribution in [3.63, 3.8) is 0 Å². The first-order chi connectivity index (χ1) is 7.70. The molecule has 0 aromatic rings. The van der Waals surface area contributed by atoms with Crippen molar-refractivity contribution in [2.24, 2.45) is 0 Å². The molecule has 1 aliphatic carbocycles. The lowest BCUT2D eigenvalue weighted by molar-refractivity contribution is -0.126. The van der Waals surface area contributed by atoms with Crippen LogP contribution in [0.15, 0.2) is 0 Å². The van der Waals surface area contributed by atoms with E-state index in [1.165, 1.54) is 0 Å². The number of rotatable bonds is 7. The molecule has 0 spiro atoms. The molecule has 0 aliphatic heterocycles. The van der Waals surface area contributed by atoms with Gasteiger partial charge in [0.25, 0.3) is 0 Å². The topological polar surface area (TPSA) is 56.1 Å². The van der Waals surface area contributed by atoms with Gasteiger partial charge in [-0.1, -0.05) is 6.92 Å². The second kappa shape index (κ2) is 6.49.